The van der Waals surface area contributed by atoms with Gasteiger partial charge in [0, 0.05) is 38.8 Å². The zero-order chi connectivity index (χ0) is 16.1. The molecule has 0 radical (unpaired) electrons. The first kappa shape index (κ1) is 16.1. The molecule has 23 heavy (non-hydrogen) atoms. The average molecular weight is 313 g/mol. The van der Waals surface area contributed by atoms with Crippen molar-refractivity contribution in [2.24, 2.45) is 0 Å². The summed E-state index contributed by atoms with van der Waals surface area (Å²) in [7, 11) is 0. The van der Waals surface area contributed by atoms with Gasteiger partial charge in [-0.1, -0.05) is 49.4 Å². The second-order valence-electron chi connectivity index (χ2n) is 6.65. The molecular weight excluding hydrogens is 286 g/mol. The van der Waals surface area contributed by atoms with Crippen LogP contribution in [0, 0.1) is 0 Å². The number of carbonyl (C=O) groups excluding carboxylic acids is 1. The van der Waals surface area contributed by atoms with E-state index < -0.39 is 0 Å². The zero-order valence-electron chi connectivity index (χ0n) is 13.9. The first-order chi connectivity index (χ1) is 11.2. The normalized spacial score (nSPS) is 22.5. The van der Waals surface area contributed by atoms with Gasteiger partial charge < -0.3 is 10.2 Å². The molecule has 2 unspecified atom stereocenters. The van der Waals surface area contributed by atoms with E-state index in [-0.39, 0.29) is 6.03 Å². The summed E-state index contributed by atoms with van der Waals surface area (Å²) in [5, 5.41) is 3.09. The van der Waals surface area contributed by atoms with E-state index in [0.717, 1.165) is 45.6 Å². The molecule has 1 aromatic carbocycles. The van der Waals surface area contributed by atoms with Gasteiger partial charge in [0.25, 0.3) is 0 Å². The summed E-state index contributed by atoms with van der Waals surface area (Å²) in [6, 6.07) is 11.1. The van der Waals surface area contributed by atoms with Crippen LogP contribution in [0.1, 0.15) is 31.2 Å². The Morgan fingerprint density at radius 1 is 1.26 bits per heavy atom. The number of likely N-dealkylation sites (tertiary alicyclic amines) is 1. The highest BCUT2D eigenvalue weighted by atomic mass is 16.2. The van der Waals surface area contributed by atoms with Crippen LogP contribution in [0.15, 0.2) is 42.5 Å². The Hall–Kier alpha value is -1.81. The van der Waals surface area contributed by atoms with E-state index in [2.05, 4.69) is 53.6 Å². The van der Waals surface area contributed by atoms with Crippen LogP contribution in [0.5, 0.6) is 0 Å². The lowest BCUT2D eigenvalue weighted by molar-refractivity contribution is 0.200. The lowest BCUT2D eigenvalue weighted by Gasteiger charge is -2.24. The molecule has 1 saturated heterocycles. The minimum absolute atomic E-state index is 0.0971. The van der Waals surface area contributed by atoms with E-state index in [0.29, 0.717) is 12.0 Å². The fraction of sp³-hybridized carbons (Fsp3) is 0.526. The van der Waals surface area contributed by atoms with E-state index in [9.17, 15) is 4.79 Å². The van der Waals surface area contributed by atoms with E-state index in [4.69, 9.17) is 0 Å². The summed E-state index contributed by atoms with van der Waals surface area (Å²) in [5.41, 5.74) is 1.34. The highest BCUT2D eigenvalue weighted by molar-refractivity contribution is 5.74. The molecule has 2 atom stereocenters. The second-order valence-corrected chi connectivity index (χ2v) is 6.65. The molecule has 4 nitrogen and oxygen atoms in total. The van der Waals surface area contributed by atoms with Gasteiger partial charge in [0.1, 0.15) is 0 Å². The van der Waals surface area contributed by atoms with Crippen molar-refractivity contribution in [1.82, 2.24) is 15.1 Å². The van der Waals surface area contributed by atoms with Crippen LogP contribution in [-0.2, 0) is 0 Å². The van der Waals surface area contributed by atoms with Gasteiger partial charge in [0.05, 0.1) is 0 Å². The quantitative estimate of drug-likeness (QED) is 0.849. The van der Waals surface area contributed by atoms with E-state index >= 15 is 0 Å². The van der Waals surface area contributed by atoms with Gasteiger partial charge in [0.15, 0.2) is 0 Å². The molecule has 2 aliphatic heterocycles. The van der Waals surface area contributed by atoms with Gasteiger partial charge >= 0.3 is 6.03 Å². The number of nitrogens with zero attached hydrogens (tertiary/aromatic N) is 2. The van der Waals surface area contributed by atoms with Gasteiger partial charge in [-0.3, -0.25) is 4.90 Å². The number of carbonyl (C=O) groups is 1. The third kappa shape index (κ3) is 4.14. The summed E-state index contributed by atoms with van der Waals surface area (Å²) >= 11 is 0. The average Bonchev–Trinajstić information content (AvgIpc) is 3.26. The Labute approximate surface area is 139 Å². The van der Waals surface area contributed by atoms with Crippen molar-refractivity contribution in [3.63, 3.8) is 0 Å². The third-order valence-electron chi connectivity index (χ3n) is 5.04. The number of nitrogens with one attached hydrogen (secondary N) is 1. The molecule has 1 N–H and O–H groups in total. The molecule has 0 saturated carbocycles. The van der Waals surface area contributed by atoms with Crippen molar-refractivity contribution in [2.75, 3.05) is 32.7 Å². The largest absolute Gasteiger partial charge is 0.338 e. The Morgan fingerprint density at radius 2 is 2.00 bits per heavy atom. The zero-order valence-corrected chi connectivity index (χ0v) is 13.9. The lowest BCUT2D eigenvalue weighted by atomic mass is 9.98. The molecule has 2 aliphatic rings. The number of benzene rings is 1. The van der Waals surface area contributed by atoms with Crippen LogP contribution in [0.3, 0.4) is 0 Å². The number of hydrogen-bond acceptors (Lipinski definition) is 2. The number of urea groups is 1. The molecule has 0 aromatic heterocycles. The van der Waals surface area contributed by atoms with Crippen LogP contribution in [0.2, 0.25) is 0 Å². The molecule has 1 aromatic rings. The predicted octanol–water partition coefficient (Wildman–Crippen LogP) is 2.84. The highest BCUT2D eigenvalue weighted by Crippen LogP contribution is 2.19. The monoisotopic (exact) mass is 313 g/mol. The fourth-order valence-electron chi connectivity index (χ4n) is 3.47. The van der Waals surface area contributed by atoms with Crippen LogP contribution in [0.4, 0.5) is 4.79 Å². The van der Waals surface area contributed by atoms with Gasteiger partial charge in [-0.25, -0.2) is 4.79 Å². The maximum Gasteiger partial charge on any atom is 0.317 e. The number of hydrogen-bond donors (Lipinski definition) is 1. The van der Waals surface area contributed by atoms with Crippen molar-refractivity contribution in [2.45, 2.75) is 31.7 Å². The van der Waals surface area contributed by atoms with E-state index in [1.54, 1.807) is 0 Å². The Bertz CT molecular complexity index is 535. The number of amides is 2. The maximum absolute atomic E-state index is 12.3. The van der Waals surface area contributed by atoms with Gasteiger partial charge in [-0.05, 0) is 24.3 Å². The Balaban J connectivity index is 1.38. The minimum Gasteiger partial charge on any atom is -0.338 e. The van der Waals surface area contributed by atoms with Crippen molar-refractivity contribution in [3.8, 4) is 0 Å². The fourth-order valence-corrected chi connectivity index (χ4v) is 3.47. The molecule has 0 aliphatic carbocycles. The first-order valence-corrected chi connectivity index (χ1v) is 8.71. The minimum atomic E-state index is 0.0971. The molecule has 4 heteroatoms. The molecule has 2 heterocycles. The van der Waals surface area contributed by atoms with E-state index in [1.807, 2.05) is 11.0 Å². The standard InChI is InChI=1S/C19H27N3O/c1-16(17-7-3-2-4-8-17)9-11-20-19(23)22-14-10-18(15-22)21-12-5-6-13-21/h2-8,16,18H,9-15H2,1H3,(H,20,23). The Morgan fingerprint density at radius 3 is 2.74 bits per heavy atom. The summed E-state index contributed by atoms with van der Waals surface area (Å²) in [6.45, 7) is 6.77. The van der Waals surface area contributed by atoms with Crippen LogP contribution < -0.4 is 5.32 Å². The van der Waals surface area contributed by atoms with Crippen molar-refractivity contribution >= 4 is 6.03 Å². The van der Waals surface area contributed by atoms with Crippen LogP contribution in [-0.4, -0.2) is 54.6 Å². The summed E-state index contributed by atoms with van der Waals surface area (Å²) in [4.78, 5) is 16.7. The summed E-state index contributed by atoms with van der Waals surface area (Å²) < 4.78 is 0. The molecule has 124 valence electrons. The van der Waals surface area contributed by atoms with Crippen LogP contribution in [0.25, 0.3) is 0 Å². The lowest BCUT2D eigenvalue weighted by Crippen LogP contribution is -2.42. The smallest absolute Gasteiger partial charge is 0.317 e. The SMILES string of the molecule is CC(CCNC(=O)N1CCC(N2CC=CC2)C1)c1ccccc1. The summed E-state index contributed by atoms with van der Waals surface area (Å²) in [6.07, 6.45) is 6.50. The van der Waals surface area contributed by atoms with Crippen molar-refractivity contribution in [1.29, 1.82) is 0 Å². The van der Waals surface area contributed by atoms with Crippen molar-refractivity contribution < 1.29 is 4.79 Å². The third-order valence-corrected chi connectivity index (χ3v) is 5.04. The van der Waals surface area contributed by atoms with Gasteiger partial charge in [-0.15, -0.1) is 0 Å². The number of rotatable bonds is 5. The molecule has 0 spiro atoms. The molecule has 2 amide bonds. The molecular formula is C19H27N3O. The molecule has 0 bridgehead atoms. The Kier molecular flexibility index (Phi) is 5.34. The topological polar surface area (TPSA) is 35.6 Å². The van der Waals surface area contributed by atoms with Crippen LogP contribution >= 0.6 is 0 Å². The maximum atomic E-state index is 12.3. The second kappa shape index (κ2) is 7.64. The van der Waals surface area contributed by atoms with Crippen molar-refractivity contribution in [3.05, 3.63) is 48.0 Å². The summed E-state index contributed by atoms with van der Waals surface area (Å²) in [5.74, 6) is 0.471. The molecule has 1 fully saturated rings. The highest BCUT2D eigenvalue weighted by Gasteiger charge is 2.30. The molecule has 3 rings (SSSR count). The first-order valence-electron chi connectivity index (χ1n) is 8.71. The predicted molar refractivity (Wildman–Crippen MR) is 93.6 cm³/mol. The van der Waals surface area contributed by atoms with Gasteiger partial charge in [-0.2, -0.15) is 0 Å². The van der Waals surface area contributed by atoms with Gasteiger partial charge in [0.2, 0.25) is 0 Å². The van der Waals surface area contributed by atoms with E-state index in [1.165, 1.54) is 5.56 Å².